The predicted molar refractivity (Wildman–Crippen MR) is 76.8 cm³/mol. The molecule has 0 radical (unpaired) electrons. The minimum absolute atomic E-state index is 0.0710. The Hall–Kier alpha value is -1.04. The molecule has 0 bridgehead atoms. The molecular formula is C13H14ClN3OS. The third-order valence-electron chi connectivity index (χ3n) is 3.24. The molecule has 1 fully saturated rings. The molecule has 1 aliphatic heterocycles. The van der Waals surface area contributed by atoms with E-state index in [4.69, 9.17) is 11.6 Å². The molecule has 0 amide bonds. The summed E-state index contributed by atoms with van der Waals surface area (Å²) < 4.78 is 12.5. The van der Waals surface area contributed by atoms with Crippen molar-refractivity contribution in [1.82, 2.24) is 15.3 Å². The number of nitrogens with zero attached hydrogens (tertiary/aromatic N) is 2. The molecular weight excluding hydrogens is 282 g/mol. The lowest BCUT2D eigenvalue weighted by atomic mass is 10.2. The first-order valence-electron chi connectivity index (χ1n) is 6.29. The molecule has 0 aliphatic carbocycles. The SMILES string of the molecule is O=[S@](c1nc2ccccc2nc1Cl)[C@H]1CCCNC1. The number of fused-ring (bicyclic) bond motifs is 1. The minimum atomic E-state index is -1.21. The van der Waals surface area contributed by atoms with Crippen LogP contribution in [0, 0.1) is 0 Å². The minimum Gasteiger partial charge on any atom is -0.316 e. The van der Waals surface area contributed by atoms with Gasteiger partial charge in [0.05, 0.1) is 27.1 Å². The summed E-state index contributed by atoms with van der Waals surface area (Å²) in [4.78, 5) is 8.71. The monoisotopic (exact) mass is 295 g/mol. The Morgan fingerprint density at radius 2 is 2.00 bits per heavy atom. The standard InChI is InChI=1S/C13H14ClN3OS/c14-12-13(19(18)9-4-3-7-15-8-9)17-11-6-2-1-5-10(11)16-12/h1-2,5-6,9,15H,3-4,7-8H2/t9-,19-/m0/s1. The third-order valence-corrected chi connectivity index (χ3v) is 5.29. The van der Waals surface area contributed by atoms with Crippen LogP contribution < -0.4 is 5.32 Å². The van der Waals surface area contributed by atoms with Crippen LogP contribution in [0.1, 0.15) is 12.8 Å². The van der Waals surface area contributed by atoms with Crippen LogP contribution in [0.5, 0.6) is 0 Å². The molecule has 6 heteroatoms. The highest BCUT2D eigenvalue weighted by atomic mass is 35.5. The molecule has 0 spiro atoms. The van der Waals surface area contributed by atoms with Crippen molar-refractivity contribution in [2.45, 2.75) is 23.1 Å². The van der Waals surface area contributed by atoms with Crippen LogP contribution in [0.3, 0.4) is 0 Å². The fourth-order valence-corrected chi connectivity index (χ4v) is 3.98. The molecule has 4 nitrogen and oxygen atoms in total. The van der Waals surface area contributed by atoms with E-state index in [0.29, 0.717) is 5.03 Å². The fraction of sp³-hybridized carbons (Fsp3) is 0.385. The first-order valence-corrected chi connectivity index (χ1v) is 7.88. The Kier molecular flexibility index (Phi) is 3.77. The second-order valence-corrected chi connectivity index (χ2v) is 6.58. The predicted octanol–water partition coefficient (Wildman–Crippen LogP) is 2.14. The van der Waals surface area contributed by atoms with Crippen LogP contribution in [-0.2, 0) is 10.8 Å². The Morgan fingerprint density at radius 1 is 1.26 bits per heavy atom. The lowest BCUT2D eigenvalue weighted by Gasteiger charge is -2.21. The number of nitrogens with one attached hydrogen (secondary N) is 1. The summed E-state index contributed by atoms with van der Waals surface area (Å²) >= 11 is 6.13. The Balaban J connectivity index is 1.99. The van der Waals surface area contributed by atoms with Crippen molar-refractivity contribution in [3.63, 3.8) is 0 Å². The van der Waals surface area contributed by atoms with Crippen molar-refractivity contribution in [3.8, 4) is 0 Å². The van der Waals surface area contributed by atoms with Crippen molar-refractivity contribution in [2.24, 2.45) is 0 Å². The molecule has 19 heavy (non-hydrogen) atoms. The molecule has 1 aliphatic rings. The van der Waals surface area contributed by atoms with Crippen LogP contribution in [0.4, 0.5) is 0 Å². The summed E-state index contributed by atoms with van der Waals surface area (Å²) in [5.41, 5.74) is 1.47. The van der Waals surface area contributed by atoms with E-state index in [1.807, 2.05) is 24.3 Å². The highest BCUT2D eigenvalue weighted by Gasteiger charge is 2.24. The molecule has 2 heterocycles. The van der Waals surface area contributed by atoms with E-state index in [1.165, 1.54) is 0 Å². The number of halogens is 1. The lowest BCUT2D eigenvalue weighted by molar-refractivity contribution is 0.519. The number of hydrogen-bond donors (Lipinski definition) is 1. The van der Waals surface area contributed by atoms with E-state index < -0.39 is 10.8 Å². The summed E-state index contributed by atoms with van der Waals surface area (Å²) in [6, 6.07) is 7.48. The molecule has 0 saturated carbocycles. The van der Waals surface area contributed by atoms with Gasteiger partial charge in [0.1, 0.15) is 0 Å². The van der Waals surface area contributed by atoms with Crippen LogP contribution in [-0.4, -0.2) is 32.5 Å². The lowest BCUT2D eigenvalue weighted by Crippen LogP contribution is -2.36. The zero-order valence-electron chi connectivity index (χ0n) is 10.3. The quantitative estimate of drug-likeness (QED) is 0.922. The van der Waals surface area contributed by atoms with Crippen molar-refractivity contribution >= 4 is 33.4 Å². The van der Waals surface area contributed by atoms with Crippen molar-refractivity contribution in [3.05, 3.63) is 29.4 Å². The summed E-state index contributed by atoms with van der Waals surface area (Å²) in [7, 11) is -1.21. The zero-order valence-corrected chi connectivity index (χ0v) is 11.9. The van der Waals surface area contributed by atoms with Crippen molar-refractivity contribution < 1.29 is 4.21 Å². The number of piperidine rings is 1. The number of para-hydroxylation sites is 2. The topological polar surface area (TPSA) is 54.9 Å². The van der Waals surface area contributed by atoms with Gasteiger partial charge in [-0.25, -0.2) is 9.97 Å². The molecule has 1 aromatic carbocycles. The highest BCUT2D eigenvalue weighted by Crippen LogP contribution is 2.23. The largest absolute Gasteiger partial charge is 0.316 e. The first kappa shape index (κ1) is 13.0. The van der Waals surface area contributed by atoms with Gasteiger partial charge in [0.25, 0.3) is 0 Å². The van der Waals surface area contributed by atoms with E-state index >= 15 is 0 Å². The van der Waals surface area contributed by atoms with Crippen molar-refractivity contribution in [2.75, 3.05) is 13.1 Å². The van der Waals surface area contributed by atoms with E-state index in [-0.39, 0.29) is 10.4 Å². The Bertz CT molecular complexity index is 628. The van der Waals surface area contributed by atoms with E-state index in [9.17, 15) is 4.21 Å². The second kappa shape index (κ2) is 5.53. The van der Waals surface area contributed by atoms with Gasteiger partial charge < -0.3 is 5.32 Å². The first-order chi connectivity index (χ1) is 9.25. The second-order valence-electron chi connectivity index (χ2n) is 4.57. The average Bonchev–Trinajstić information content (AvgIpc) is 2.47. The molecule has 1 saturated heterocycles. The smallest absolute Gasteiger partial charge is 0.165 e. The van der Waals surface area contributed by atoms with Gasteiger partial charge in [0.2, 0.25) is 0 Å². The van der Waals surface area contributed by atoms with Gasteiger partial charge in [-0.15, -0.1) is 0 Å². The molecule has 2 aromatic rings. The number of hydrogen-bond acceptors (Lipinski definition) is 4. The number of benzene rings is 1. The number of aromatic nitrogens is 2. The van der Waals surface area contributed by atoms with Gasteiger partial charge >= 0.3 is 0 Å². The average molecular weight is 296 g/mol. The summed E-state index contributed by atoms with van der Waals surface area (Å²) in [5, 5.41) is 3.99. The normalized spacial score (nSPS) is 21.4. The zero-order chi connectivity index (χ0) is 13.2. The van der Waals surface area contributed by atoms with E-state index in [1.54, 1.807) is 0 Å². The summed E-state index contributed by atoms with van der Waals surface area (Å²) in [6.07, 6.45) is 1.97. The Labute approximate surface area is 119 Å². The highest BCUT2D eigenvalue weighted by molar-refractivity contribution is 7.85. The molecule has 1 N–H and O–H groups in total. The Morgan fingerprint density at radius 3 is 2.68 bits per heavy atom. The van der Waals surface area contributed by atoms with Gasteiger partial charge in [-0.1, -0.05) is 23.7 Å². The van der Waals surface area contributed by atoms with Crippen LogP contribution in [0.25, 0.3) is 11.0 Å². The van der Waals surface area contributed by atoms with Crippen LogP contribution in [0.2, 0.25) is 5.15 Å². The maximum Gasteiger partial charge on any atom is 0.165 e. The van der Waals surface area contributed by atoms with E-state index in [0.717, 1.165) is 37.0 Å². The molecule has 100 valence electrons. The fourth-order valence-electron chi connectivity index (χ4n) is 2.25. The van der Waals surface area contributed by atoms with Crippen LogP contribution >= 0.6 is 11.6 Å². The van der Waals surface area contributed by atoms with Gasteiger partial charge in [-0.05, 0) is 31.5 Å². The van der Waals surface area contributed by atoms with E-state index in [2.05, 4.69) is 15.3 Å². The van der Waals surface area contributed by atoms with Crippen LogP contribution in [0.15, 0.2) is 29.3 Å². The molecule has 3 rings (SSSR count). The number of rotatable bonds is 2. The van der Waals surface area contributed by atoms with Gasteiger partial charge in [0.15, 0.2) is 10.2 Å². The van der Waals surface area contributed by atoms with Gasteiger partial charge in [-0.2, -0.15) is 0 Å². The third kappa shape index (κ3) is 2.63. The summed E-state index contributed by atoms with van der Waals surface area (Å²) in [5.74, 6) is 0. The van der Waals surface area contributed by atoms with Gasteiger partial charge in [0, 0.05) is 6.54 Å². The molecule has 2 atom stereocenters. The summed E-state index contributed by atoms with van der Waals surface area (Å²) in [6.45, 7) is 1.74. The maximum absolute atomic E-state index is 12.5. The van der Waals surface area contributed by atoms with Crippen molar-refractivity contribution in [1.29, 1.82) is 0 Å². The molecule has 1 aromatic heterocycles. The van der Waals surface area contributed by atoms with Gasteiger partial charge in [-0.3, -0.25) is 4.21 Å². The maximum atomic E-state index is 12.5. The molecule has 0 unspecified atom stereocenters.